The molecular weight excluding hydrogens is 116 g/mol. The fourth-order valence-corrected chi connectivity index (χ4v) is 0.959. The summed E-state index contributed by atoms with van der Waals surface area (Å²) < 4.78 is 5.11. The molecular formula is C7H10O2. The molecule has 1 fully saturated rings. The minimum absolute atomic E-state index is 0.102. The third-order valence-corrected chi connectivity index (χ3v) is 1.49. The van der Waals surface area contributed by atoms with Crippen molar-refractivity contribution in [3.63, 3.8) is 0 Å². The summed E-state index contributed by atoms with van der Waals surface area (Å²) in [7, 11) is 0. The predicted octanol–water partition coefficient (Wildman–Crippen LogP) is 0.159. The van der Waals surface area contributed by atoms with Gasteiger partial charge in [0, 0.05) is 6.61 Å². The van der Waals surface area contributed by atoms with Gasteiger partial charge >= 0.3 is 0 Å². The van der Waals surface area contributed by atoms with E-state index in [1.807, 2.05) is 0 Å². The van der Waals surface area contributed by atoms with E-state index in [-0.39, 0.29) is 6.10 Å². The molecule has 0 radical (unpaired) electrons. The van der Waals surface area contributed by atoms with Crippen LogP contribution in [-0.2, 0) is 4.74 Å². The van der Waals surface area contributed by atoms with Gasteiger partial charge in [-0.05, 0) is 12.8 Å². The normalized spacial score (nSPS) is 29.6. The van der Waals surface area contributed by atoms with Crippen LogP contribution in [0, 0.1) is 12.3 Å². The highest BCUT2D eigenvalue weighted by molar-refractivity contribution is 4.98. The van der Waals surface area contributed by atoms with Gasteiger partial charge in [0.2, 0.25) is 0 Å². The fourth-order valence-electron chi connectivity index (χ4n) is 0.959. The van der Waals surface area contributed by atoms with Crippen LogP contribution in [0.5, 0.6) is 0 Å². The minimum Gasteiger partial charge on any atom is -0.378 e. The maximum Gasteiger partial charge on any atom is 0.140 e. The summed E-state index contributed by atoms with van der Waals surface area (Å²) in [5.41, 5.74) is 0. The highest BCUT2D eigenvalue weighted by atomic mass is 16.5. The van der Waals surface area contributed by atoms with Crippen LogP contribution in [0.15, 0.2) is 0 Å². The molecule has 0 aliphatic carbocycles. The van der Waals surface area contributed by atoms with Crippen molar-refractivity contribution in [2.24, 2.45) is 0 Å². The summed E-state index contributed by atoms with van der Waals surface area (Å²) in [4.78, 5) is 0. The summed E-state index contributed by atoms with van der Waals surface area (Å²) in [5.74, 6) is 2.24. The summed E-state index contributed by atoms with van der Waals surface area (Å²) in [6.07, 6.45) is 6.08. The van der Waals surface area contributed by atoms with Crippen LogP contribution >= 0.6 is 0 Å². The van der Waals surface area contributed by atoms with E-state index in [4.69, 9.17) is 16.3 Å². The van der Waals surface area contributed by atoms with Crippen LogP contribution in [0.25, 0.3) is 0 Å². The van der Waals surface area contributed by atoms with E-state index in [0.29, 0.717) is 0 Å². The van der Waals surface area contributed by atoms with Gasteiger partial charge < -0.3 is 9.84 Å². The third-order valence-electron chi connectivity index (χ3n) is 1.49. The Morgan fingerprint density at radius 2 is 2.56 bits per heavy atom. The smallest absolute Gasteiger partial charge is 0.140 e. The SMILES string of the molecule is C#C[C@@H](O)[C@@H]1CCCO1. The van der Waals surface area contributed by atoms with Gasteiger partial charge in [0.05, 0.1) is 6.10 Å². The van der Waals surface area contributed by atoms with Crippen molar-refractivity contribution in [1.82, 2.24) is 0 Å². The van der Waals surface area contributed by atoms with Gasteiger partial charge in [-0.3, -0.25) is 0 Å². The van der Waals surface area contributed by atoms with Crippen LogP contribution in [0.1, 0.15) is 12.8 Å². The average molecular weight is 126 g/mol. The molecule has 0 unspecified atom stereocenters. The van der Waals surface area contributed by atoms with E-state index in [1.165, 1.54) is 0 Å². The van der Waals surface area contributed by atoms with E-state index in [9.17, 15) is 0 Å². The number of hydrogen-bond acceptors (Lipinski definition) is 2. The second-order valence-corrected chi connectivity index (χ2v) is 2.16. The largest absolute Gasteiger partial charge is 0.378 e. The second-order valence-electron chi connectivity index (χ2n) is 2.16. The van der Waals surface area contributed by atoms with Gasteiger partial charge in [-0.2, -0.15) is 0 Å². The lowest BCUT2D eigenvalue weighted by molar-refractivity contribution is 0.0273. The molecule has 1 heterocycles. The van der Waals surface area contributed by atoms with Crippen molar-refractivity contribution >= 4 is 0 Å². The maximum absolute atomic E-state index is 9.00. The molecule has 0 saturated carbocycles. The van der Waals surface area contributed by atoms with Crippen molar-refractivity contribution in [1.29, 1.82) is 0 Å². The molecule has 1 rings (SSSR count). The Labute approximate surface area is 54.8 Å². The number of aliphatic hydroxyl groups is 1. The van der Waals surface area contributed by atoms with Crippen molar-refractivity contribution in [3.8, 4) is 12.3 Å². The molecule has 2 atom stereocenters. The number of rotatable bonds is 1. The van der Waals surface area contributed by atoms with Crippen LogP contribution in [0.2, 0.25) is 0 Å². The second kappa shape index (κ2) is 2.86. The molecule has 9 heavy (non-hydrogen) atoms. The predicted molar refractivity (Wildman–Crippen MR) is 33.8 cm³/mol. The zero-order chi connectivity index (χ0) is 6.69. The molecule has 0 bridgehead atoms. The molecule has 0 aromatic heterocycles. The van der Waals surface area contributed by atoms with E-state index >= 15 is 0 Å². The van der Waals surface area contributed by atoms with Crippen LogP contribution < -0.4 is 0 Å². The Morgan fingerprint density at radius 1 is 1.78 bits per heavy atom. The first-order chi connectivity index (χ1) is 4.34. The van der Waals surface area contributed by atoms with E-state index in [1.54, 1.807) is 0 Å². The van der Waals surface area contributed by atoms with E-state index in [2.05, 4.69) is 5.92 Å². The van der Waals surface area contributed by atoms with Crippen molar-refractivity contribution in [3.05, 3.63) is 0 Å². The summed E-state index contributed by atoms with van der Waals surface area (Å²) in [5, 5.41) is 9.00. The number of terminal acetylenes is 1. The Kier molecular flexibility index (Phi) is 2.10. The third kappa shape index (κ3) is 1.44. The highest BCUT2D eigenvalue weighted by Crippen LogP contribution is 2.14. The molecule has 0 aromatic carbocycles. The van der Waals surface area contributed by atoms with Crippen molar-refractivity contribution < 1.29 is 9.84 Å². The summed E-state index contributed by atoms with van der Waals surface area (Å²) >= 11 is 0. The first-order valence-electron chi connectivity index (χ1n) is 3.10. The molecule has 0 aromatic rings. The number of hydrogen-bond donors (Lipinski definition) is 1. The Morgan fingerprint density at radius 3 is 3.00 bits per heavy atom. The van der Waals surface area contributed by atoms with Gasteiger partial charge in [0.15, 0.2) is 0 Å². The molecule has 1 aliphatic rings. The molecule has 1 N–H and O–H groups in total. The highest BCUT2D eigenvalue weighted by Gasteiger charge is 2.21. The lowest BCUT2D eigenvalue weighted by Crippen LogP contribution is -2.22. The molecule has 2 nitrogen and oxygen atoms in total. The first kappa shape index (κ1) is 6.60. The van der Waals surface area contributed by atoms with Crippen LogP contribution in [-0.4, -0.2) is 23.9 Å². The molecule has 0 amide bonds. The topological polar surface area (TPSA) is 29.5 Å². The van der Waals surface area contributed by atoms with Crippen molar-refractivity contribution in [2.75, 3.05) is 6.61 Å². The summed E-state index contributed by atoms with van der Waals surface area (Å²) in [6, 6.07) is 0. The maximum atomic E-state index is 9.00. The molecule has 1 aliphatic heterocycles. The lowest BCUT2D eigenvalue weighted by atomic mass is 10.1. The quantitative estimate of drug-likeness (QED) is 0.507. The molecule has 2 heteroatoms. The molecule has 0 spiro atoms. The molecule has 1 saturated heterocycles. The van der Waals surface area contributed by atoms with Gasteiger partial charge in [-0.25, -0.2) is 0 Å². The lowest BCUT2D eigenvalue weighted by Gasteiger charge is -2.09. The van der Waals surface area contributed by atoms with Gasteiger partial charge in [0.25, 0.3) is 0 Å². The minimum atomic E-state index is -0.701. The first-order valence-corrected chi connectivity index (χ1v) is 3.10. The van der Waals surface area contributed by atoms with Gasteiger partial charge in [-0.1, -0.05) is 5.92 Å². The summed E-state index contributed by atoms with van der Waals surface area (Å²) in [6.45, 7) is 0.739. The zero-order valence-electron chi connectivity index (χ0n) is 5.21. The fraction of sp³-hybridized carbons (Fsp3) is 0.714. The standard InChI is InChI=1S/C7H10O2/c1-2-6(8)7-4-3-5-9-7/h1,6-8H,3-5H2/t6-,7+/m1/s1. The number of aliphatic hydroxyl groups excluding tert-OH is 1. The monoisotopic (exact) mass is 126 g/mol. The average Bonchev–Trinajstić information content (AvgIpc) is 2.37. The Bertz CT molecular complexity index is 119. The van der Waals surface area contributed by atoms with Crippen molar-refractivity contribution in [2.45, 2.75) is 25.0 Å². The van der Waals surface area contributed by atoms with Crippen LogP contribution in [0.4, 0.5) is 0 Å². The zero-order valence-corrected chi connectivity index (χ0v) is 5.21. The van der Waals surface area contributed by atoms with E-state index < -0.39 is 6.10 Å². The van der Waals surface area contributed by atoms with E-state index in [0.717, 1.165) is 19.4 Å². The van der Waals surface area contributed by atoms with Gasteiger partial charge in [-0.15, -0.1) is 6.42 Å². The Balaban J connectivity index is 2.34. The van der Waals surface area contributed by atoms with Gasteiger partial charge in [0.1, 0.15) is 6.10 Å². The number of ether oxygens (including phenoxy) is 1. The molecule has 50 valence electrons. The van der Waals surface area contributed by atoms with Crippen LogP contribution in [0.3, 0.4) is 0 Å². The Hall–Kier alpha value is -0.520.